The van der Waals surface area contributed by atoms with Crippen molar-refractivity contribution in [3.63, 3.8) is 0 Å². The van der Waals surface area contributed by atoms with Gasteiger partial charge in [0.15, 0.2) is 0 Å². The minimum absolute atomic E-state index is 0.131. The molecule has 5 heteroatoms. The number of benzene rings is 2. The lowest BCUT2D eigenvalue weighted by Crippen LogP contribution is -2.24. The van der Waals surface area contributed by atoms with E-state index in [0.29, 0.717) is 23.7 Å². The van der Waals surface area contributed by atoms with Crippen LogP contribution in [0.5, 0.6) is 0 Å². The highest BCUT2D eigenvalue weighted by atomic mass is 35.5. The second-order valence-electron chi connectivity index (χ2n) is 5.52. The van der Waals surface area contributed by atoms with Gasteiger partial charge in [0.2, 0.25) is 0 Å². The number of hydrogen-bond acceptors (Lipinski definition) is 2. The van der Waals surface area contributed by atoms with Crippen molar-refractivity contribution in [1.29, 1.82) is 0 Å². The lowest BCUT2D eigenvalue weighted by atomic mass is 10.0. The summed E-state index contributed by atoms with van der Waals surface area (Å²) in [5, 5.41) is 0. The third kappa shape index (κ3) is 3.17. The Bertz CT molecular complexity index is 717. The third-order valence-electron chi connectivity index (χ3n) is 4.01. The Kier molecular flexibility index (Phi) is 4.53. The van der Waals surface area contributed by atoms with Gasteiger partial charge in [-0.3, -0.25) is 4.90 Å². The fraction of sp³-hybridized carbons (Fsp3) is 0.278. The molecule has 0 saturated carbocycles. The normalized spacial score (nSPS) is 17.4. The second kappa shape index (κ2) is 6.59. The molecule has 0 aliphatic carbocycles. The molecule has 1 fully saturated rings. The maximum Gasteiger partial charge on any atom is 0.414 e. The standard InChI is InChI=1S/C18H17ClFNO2/c1-2-15-11-21(18(22)23-15)14-7-8-16(17(20)9-14)13-5-3-12(10-19)4-6-13/h3-9,15H,2,10-11H2,1H3/t15-/m0/s1. The number of alkyl halides is 1. The van der Waals surface area contributed by atoms with Gasteiger partial charge in [0, 0.05) is 11.4 Å². The summed E-state index contributed by atoms with van der Waals surface area (Å²) in [4.78, 5) is 13.3. The van der Waals surface area contributed by atoms with Crippen molar-refractivity contribution in [1.82, 2.24) is 0 Å². The lowest BCUT2D eigenvalue weighted by molar-refractivity contribution is 0.139. The smallest absolute Gasteiger partial charge is 0.414 e. The van der Waals surface area contributed by atoms with E-state index in [1.807, 2.05) is 31.2 Å². The van der Waals surface area contributed by atoms with Gasteiger partial charge in [0.1, 0.15) is 11.9 Å². The Balaban J connectivity index is 1.87. The Labute approximate surface area is 139 Å². The van der Waals surface area contributed by atoms with E-state index in [-0.39, 0.29) is 11.9 Å². The molecule has 1 atom stereocenters. The van der Waals surface area contributed by atoms with E-state index in [0.717, 1.165) is 17.5 Å². The number of nitrogens with zero attached hydrogens (tertiary/aromatic N) is 1. The van der Waals surface area contributed by atoms with Gasteiger partial charge in [0.05, 0.1) is 12.2 Å². The number of carbonyl (C=O) groups excluding carboxylic acids is 1. The van der Waals surface area contributed by atoms with Crippen LogP contribution in [0.15, 0.2) is 42.5 Å². The van der Waals surface area contributed by atoms with E-state index < -0.39 is 6.09 Å². The summed E-state index contributed by atoms with van der Waals surface area (Å²) in [6.45, 7) is 2.41. The zero-order valence-corrected chi connectivity index (χ0v) is 13.5. The molecule has 0 spiro atoms. The predicted molar refractivity (Wildman–Crippen MR) is 89.3 cm³/mol. The molecule has 1 amide bonds. The molecule has 0 bridgehead atoms. The van der Waals surface area contributed by atoms with E-state index >= 15 is 0 Å². The highest BCUT2D eigenvalue weighted by Crippen LogP contribution is 2.29. The monoisotopic (exact) mass is 333 g/mol. The van der Waals surface area contributed by atoms with Gasteiger partial charge in [-0.2, -0.15) is 0 Å². The first kappa shape index (κ1) is 15.8. The number of amides is 1. The van der Waals surface area contributed by atoms with Crippen molar-refractivity contribution in [2.75, 3.05) is 11.4 Å². The first-order valence-electron chi connectivity index (χ1n) is 7.55. The molecule has 3 nitrogen and oxygen atoms in total. The van der Waals surface area contributed by atoms with Crippen molar-refractivity contribution < 1.29 is 13.9 Å². The molecule has 0 radical (unpaired) electrons. The number of cyclic esters (lactones) is 1. The molecule has 1 saturated heterocycles. The van der Waals surface area contributed by atoms with Crippen LogP contribution in [0.1, 0.15) is 18.9 Å². The van der Waals surface area contributed by atoms with E-state index in [4.69, 9.17) is 16.3 Å². The molecule has 0 unspecified atom stereocenters. The minimum atomic E-state index is -0.421. The van der Waals surface area contributed by atoms with Gasteiger partial charge < -0.3 is 4.74 Å². The fourth-order valence-corrected chi connectivity index (χ4v) is 2.80. The highest BCUT2D eigenvalue weighted by Gasteiger charge is 2.31. The van der Waals surface area contributed by atoms with E-state index in [2.05, 4.69) is 0 Å². The molecule has 2 aromatic carbocycles. The van der Waals surface area contributed by atoms with Crippen LogP contribution < -0.4 is 4.90 Å². The Hall–Kier alpha value is -2.07. The molecule has 0 aromatic heterocycles. The van der Waals surface area contributed by atoms with Crippen LogP contribution in [-0.4, -0.2) is 18.7 Å². The molecule has 2 aromatic rings. The van der Waals surface area contributed by atoms with Gasteiger partial charge in [-0.1, -0.05) is 31.2 Å². The van der Waals surface area contributed by atoms with E-state index in [1.165, 1.54) is 11.0 Å². The molecule has 3 rings (SSSR count). The molecule has 1 heterocycles. The van der Waals surface area contributed by atoms with E-state index in [1.54, 1.807) is 12.1 Å². The molecule has 23 heavy (non-hydrogen) atoms. The molecule has 1 aliphatic heterocycles. The van der Waals surface area contributed by atoms with Crippen LogP contribution >= 0.6 is 11.6 Å². The van der Waals surface area contributed by atoms with E-state index in [9.17, 15) is 9.18 Å². The zero-order chi connectivity index (χ0) is 16.4. The van der Waals surface area contributed by atoms with Crippen LogP contribution in [-0.2, 0) is 10.6 Å². The number of carbonyl (C=O) groups is 1. The molecule has 1 aliphatic rings. The maximum absolute atomic E-state index is 14.5. The quantitative estimate of drug-likeness (QED) is 0.739. The fourth-order valence-electron chi connectivity index (χ4n) is 2.62. The first-order chi connectivity index (χ1) is 11.1. The Morgan fingerprint density at radius 3 is 2.57 bits per heavy atom. The zero-order valence-electron chi connectivity index (χ0n) is 12.8. The lowest BCUT2D eigenvalue weighted by Gasteiger charge is -2.14. The van der Waals surface area contributed by atoms with Gasteiger partial charge in [0.25, 0.3) is 0 Å². The summed E-state index contributed by atoms with van der Waals surface area (Å²) < 4.78 is 19.7. The number of ether oxygens (including phenoxy) is 1. The average Bonchev–Trinajstić information content (AvgIpc) is 2.96. The Morgan fingerprint density at radius 1 is 1.26 bits per heavy atom. The van der Waals surface area contributed by atoms with Gasteiger partial charge in [-0.05, 0) is 35.7 Å². The molecular formula is C18H17ClFNO2. The van der Waals surface area contributed by atoms with Gasteiger partial charge >= 0.3 is 6.09 Å². The van der Waals surface area contributed by atoms with Crippen LogP contribution in [0.25, 0.3) is 11.1 Å². The van der Waals surface area contributed by atoms with Crippen molar-refractivity contribution in [2.45, 2.75) is 25.3 Å². The Morgan fingerprint density at radius 2 is 2.00 bits per heavy atom. The summed E-state index contributed by atoms with van der Waals surface area (Å²) in [6, 6.07) is 12.2. The van der Waals surface area contributed by atoms with Crippen LogP contribution in [0.3, 0.4) is 0 Å². The van der Waals surface area contributed by atoms with Gasteiger partial charge in [-0.15, -0.1) is 11.6 Å². The summed E-state index contributed by atoms with van der Waals surface area (Å²) in [5.74, 6) is 0.0612. The first-order valence-corrected chi connectivity index (χ1v) is 8.08. The van der Waals surface area contributed by atoms with Crippen LogP contribution in [0.4, 0.5) is 14.9 Å². The molecule has 0 N–H and O–H groups in total. The van der Waals surface area contributed by atoms with Crippen LogP contribution in [0, 0.1) is 5.82 Å². The van der Waals surface area contributed by atoms with Crippen molar-refractivity contribution >= 4 is 23.4 Å². The number of halogens is 2. The largest absolute Gasteiger partial charge is 0.444 e. The molecule has 120 valence electrons. The maximum atomic E-state index is 14.5. The van der Waals surface area contributed by atoms with Crippen molar-refractivity contribution in [2.24, 2.45) is 0 Å². The van der Waals surface area contributed by atoms with Crippen molar-refractivity contribution in [3.05, 3.63) is 53.8 Å². The SMILES string of the molecule is CC[C@H]1CN(c2ccc(-c3ccc(CCl)cc3)c(F)c2)C(=O)O1. The second-order valence-corrected chi connectivity index (χ2v) is 5.79. The summed E-state index contributed by atoms with van der Waals surface area (Å²) in [6.07, 6.45) is 0.194. The topological polar surface area (TPSA) is 29.5 Å². The molecular weight excluding hydrogens is 317 g/mol. The third-order valence-corrected chi connectivity index (χ3v) is 4.32. The predicted octanol–water partition coefficient (Wildman–Crippen LogP) is 4.97. The summed E-state index contributed by atoms with van der Waals surface area (Å²) in [7, 11) is 0. The number of hydrogen-bond donors (Lipinski definition) is 0. The summed E-state index contributed by atoms with van der Waals surface area (Å²) >= 11 is 5.76. The highest BCUT2D eigenvalue weighted by molar-refractivity contribution is 6.17. The van der Waals surface area contributed by atoms with Crippen molar-refractivity contribution in [3.8, 4) is 11.1 Å². The van der Waals surface area contributed by atoms with Crippen LogP contribution in [0.2, 0.25) is 0 Å². The number of anilines is 1. The average molecular weight is 334 g/mol. The number of rotatable bonds is 4. The minimum Gasteiger partial charge on any atom is -0.444 e. The summed E-state index contributed by atoms with van der Waals surface area (Å²) in [5.41, 5.74) is 2.77. The van der Waals surface area contributed by atoms with Gasteiger partial charge in [-0.25, -0.2) is 9.18 Å².